The second-order valence-electron chi connectivity index (χ2n) is 6.00. The molecule has 0 aliphatic carbocycles. The van der Waals surface area contributed by atoms with Crippen LogP contribution in [0.5, 0.6) is 0 Å². The van der Waals surface area contributed by atoms with Crippen LogP contribution < -0.4 is 10.6 Å². The van der Waals surface area contributed by atoms with E-state index in [4.69, 9.17) is 0 Å². The van der Waals surface area contributed by atoms with Gasteiger partial charge in [0.05, 0.1) is 0 Å². The number of nitrogens with zero attached hydrogens (tertiary/aromatic N) is 1. The number of amides is 1. The SMILES string of the molecule is O=C1CC(N2CCCC2C2CCCN2)CCCN1. The Bertz CT molecular complexity index is 301. The summed E-state index contributed by atoms with van der Waals surface area (Å²) in [6.45, 7) is 3.25. The molecule has 3 atom stereocenters. The molecule has 0 saturated carbocycles. The van der Waals surface area contributed by atoms with Crippen LogP contribution >= 0.6 is 0 Å². The first-order valence-electron chi connectivity index (χ1n) is 7.60. The van der Waals surface area contributed by atoms with Crippen molar-refractivity contribution < 1.29 is 4.79 Å². The molecule has 3 aliphatic rings. The first-order valence-corrected chi connectivity index (χ1v) is 7.60. The highest BCUT2D eigenvalue weighted by Crippen LogP contribution is 2.29. The largest absolute Gasteiger partial charge is 0.356 e. The van der Waals surface area contributed by atoms with Gasteiger partial charge in [0.2, 0.25) is 5.91 Å². The van der Waals surface area contributed by atoms with Crippen LogP contribution in [0.4, 0.5) is 0 Å². The van der Waals surface area contributed by atoms with E-state index in [0.29, 0.717) is 24.5 Å². The highest BCUT2D eigenvalue weighted by Gasteiger charge is 2.37. The molecule has 0 radical (unpaired) electrons. The lowest BCUT2D eigenvalue weighted by atomic mass is 10.0. The van der Waals surface area contributed by atoms with Crippen molar-refractivity contribution in [2.75, 3.05) is 19.6 Å². The monoisotopic (exact) mass is 251 g/mol. The molecule has 3 fully saturated rings. The number of nitrogens with one attached hydrogen (secondary N) is 2. The minimum atomic E-state index is 0.252. The maximum Gasteiger partial charge on any atom is 0.221 e. The van der Waals surface area contributed by atoms with Gasteiger partial charge in [-0.2, -0.15) is 0 Å². The molecular formula is C14H25N3O. The topological polar surface area (TPSA) is 44.4 Å². The summed E-state index contributed by atoms with van der Waals surface area (Å²) in [6.07, 6.45) is 8.29. The van der Waals surface area contributed by atoms with Crippen LogP contribution in [0, 0.1) is 0 Å². The van der Waals surface area contributed by atoms with E-state index in [1.807, 2.05) is 0 Å². The fourth-order valence-electron chi connectivity index (χ4n) is 3.98. The fourth-order valence-corrected chi connectivity index (χ4v) is 3.98. The second-order valence-corrected chi connectivity index (χ2v) is 6.00. The molecule has 4 heteroatoms. The molecule has 3 saturated heterocycles. The molecule has 0 aromatic carbocycles. The van der Waals surface area contributed by atoms with Crippen LogP contribution in [-0.2, 0) is 4.79 Å². The van der Waals surface area contributed by atoms with E-state index in [1.165, 1.54) is 45.2 Å². The van der Waals surface area contributed by atoms with E-state index in [2.05, 4.69) is 15.5 Å². The van der Waals surface area contributed by atoms with Crippen molar-refractivity contribution in [3.05, 3.63) is 0 Å². The van der Waals surface area contributed by atoms with Crippen LogP contribution in [0.25, 0.3) is 0 Å². The predicted molar refractivity (Wildman–Crippen MR) is 71.4 cm³/mol. The number of hydrogen-bond acceptors (Lipinski definition) is 3. The summed E-state index contributed by atoms with van der Waals surface area (Å²) >= 11 is 0. The van der Waals surface area contributed by atoms with Gasteiger partial charge in [-0.3, -0.25) is 9.69 Å². The molecule has 1 amide bonds. The predicted octanol–water partition coefficient (Wildman–Crippen LogP) is 0.872. The molecule has 3 rings (SSSR count). The third-order valence-electron chi connectivity index (χ3n) is 4.83. The van der Waals surface area contributed by atoms with Crippen molar-refractivity contribution in [2.45, 2.75) is 63.1 Å². The Kier molecular flexibility index (Phi) is 3.85. The van der Waals surface area contributed by atoms with Crippen LogP contribution in [0.15, 0.2) is 0 Å². The molecule has 3 heterocycles. The van der Waals surface area contributed by atoms with Crippen molar-refractivity contribution in [1.82, 2.24) is 15.5 Å². The first-order chi connectivity index (χ1) is 8.84. The van der Waals surface area contributed by atoms with Gasteiger partial charge in [0, 0.05) is 31.1 Å². The van der Waals surface area contributed by atoms with E-state index in [-0.39, 0.29) is 5.91 Å². The third kappa shape index (κ3) is 2.54. The average molecular weight is 251 g/mol. The summed E-state index contributed by atoms with van der Waals surface area (Å²) in [6, 6.07) is 1.85. The Morgan fingerprint density at radius 1 is 1.06 bits per heavy atom. The summed E-state index contributed by atoms with van der Waals surface area (Å²) in [4.78, 5) is 14.4. The van der Waals surface area contributed by atoms with Gasteiger partial charge in [-0.25, -0.2) is 0 Å². The lowest BCUT2D eigenvalue weighted by Crippen LogP contribution is -2.49. The Balaban J connectivity index is 1.67. The van der Waals surface area contributed by atoms with Gasteiger partial charge in [0.25, 0.3) is 0 Å². The Morgan fingerprint density at radius 2 is 1.94 bits per heavy atom. The van der Waals surface area contributed by atoms with Crippen molar-refractivity contribution in [3.63, 3.8) is 0 Å². The Labute approximate surface area is 109 Å². The summed E-state index contributed by atoms with van der Waals surface area (Å²) in [5.41, 5.74) is 0. The quantitative estimate of drug-likeness (QED) is 0.765. The molecule has 3 aliphatic heterocycles. The standard InChI is InChI=1S/C14H25N3O/c18-14-10-11(4-1-8-16-14)17-9-3-6-13(17)12-5-2-7-15-12/h11-13,15H,1-10H2,(H,16,18). The summed E-state index contributed by atoms with van der Waals surface area (Å²) in [5.74, 6) is 0.252. The molecule has 0 bridgehead atoms. The number of carbonyl (C=O) groups is 1. The van der Waals surface area contributed by atoms with Crippen LogP contribution in [0.1, 0.15) is 44.9 Å². The van der Waals surface area contributed by atoms with Gasteiger partial charge >= 0.3 is 0 Å². The molecule has 3 unspecified atom stereocenters. The van der Waals surface area contributed by atoms with E-state index >= 15 is 0 Å². The number of hydrogen-bond donors (Lipinski definition) is 2. The fraction of sp³-hybridized carbons (Fsp3) is 0.929. The zero-order chi connectivity index (χ0) is 12.4. The third-order valence-corrected chi connectivity index (χ3v) is 4.83. The summed E-state index contributed by atoms with van der Waals surface area (Å²) < 4.78 is 0. The second kappa shape index (κ2) is 5.57. The van der Waals surface area contributed by atoms with Crippen LogP contribution in [0.2, 0.25) is 0 Å². The highest BCUT2D eigenvalue weighted by atomic mass is 16.1. The zero-order valence-corrected chi connectivity index (χ0v) is 11.2. The van der Waals surface area contributed by atoms with Gasteiger partial charge in [-0.1, -0.05) is 0 Å². The number of rotatable bonds is 2. The van der Waals surface area contributed by atoms with Gasteiger partial charge in [-0.15, -0.1) is 0 Å². The Morgan fingerprint density at radius 3 is 2.78 bits per heavy atom. The minimum Gasteiger partial charge on any atom is -0.356 e. The maximum atomic E-state index is 11.7. The van der Waals surface area contributed by atoms with Gasteiger partial charge in [0.15, 0.2) is 0 Å². The van der Waals surface area contributed by atoms with Crippen molar-refractivity contribution in [1.29, 1.82) is 0 Å². The van der Waals surface area contributed by atoms with Crippen LogP contribution in [0.3, 0.4) is 0 Å². The summed E-state index contributed by atoms with van der Waals surface area (Å²) in [5, 5.41) is 6.65. The molecular weight excluding hydrogens is 226 g/mol. The van der Waals surface area contributed by atoms with E-state index < -0.39 is 0 Å². The van der Waals surface area contributed by atoms with Gasteiger partial charge in [-0.05, 0) is 51.6 Å². The first kappa shape index (κ1) is 12.4. The van der Waals surface area contributed by atoms with Gasteiger partial charge < -0.3 is 10.6 Å². The molecule has 4 nitrogen and oxygen atoms in total. The zero-order valence-electron chi connectivity index (χ0n) is 11.2. The number of carbonyl (C=O) groups excluding carboxylic acids is 1. The van der Waals surface area contributed by atoms with E-state index in [9.17, 15) is 4.79 Å². The highest BCUT2D eigenvalue weighted by molar-refractivity contribution is 5.76. The molecule has 18 heavy (non-hydrogen) atoms. The smallest absolute Gasteiger partial charge is 0.221 e. The lowest BCUT2D eigenvalue weighted by molar-refractivity contribution is -0.121. The molecule has 0 aromatic heterocycles. The number of likely N-dealkylation sites (tertiary alicyclic amines) is 1. The normalized spacial score (nSPS) is 38.7. The Hall–Kier alpha value is -0.610. The van der Waals surface area contributed by atoms with E-state index in [1.54, 1.807) is 0 Å². The summed E-state index contributed by atoms with van der Waals surface area (Å²) in [7, 11) is 0. The minimum absolute atomic E-state index is 0.252. The van der Waals surface area contributed by atoms with Crippen LogP contribution in [-0.4, -0.2) is 48.6 Å². The molecule has 0 aromatic rings. The van der Waals surface area contributed by atoms with Crippen molar-refractivity contribution in [3.8, 4) is 0 Å². The maximum absolute atomic E-state index is 11.7. The average Bonchev–Trinajstić information content (AvgIpc) is 2.99. The molecule has 0 spiro atoms. The lowest BCUT2D eigenvalue weighted by Gasteiger charge is -2.35. The van der Waals surface area contributed by atoms with Gasteiger partial charge in [0.1, 0.15) is 0 Å². The van der Waals surface area contributed by atoms with E-state index in [0.717, 1.165) is 13.0 Å². The molecule has 2 N–H and O–H groups in total. The molecule has 102 valence electrons. The van der Waals surface area contributed by atoms with Crippen molar-refractivity contribution in [2.24, 2.45) is 0 Å². The van der Waals surface area contributed by atoms with Crippen molar-refractivity contribution >= 4 is 5.91 Å².